The third-order valence-corrected chi connectivity index (χ3v) is 3.69. The molecule has 2 heteroatoms. The zero-order valence-electron chi connectivity index (χ0n) is 8.46. The maximum absolute atomic E-state index is 8.87. The van der Waals surface area contributed by atoms with Gasteiger partial charge in [0.25, 0.3) is 0 Å². The second kappa shape index (κ2) is 2.49. The summed E-state index contributed by atoms with van der Waals surface area (Å²) in [7, 11) is 0. The van der Waals surface area contributed by atoms with E-state index in [-0.39, 0.29) is 10.8 Å². The second-order valence-corrected chi connectivity index (χ2v) is 4.75. The van der Waals surface area contributed by atoms with Crippen molar-refractivity contribution in [3.8, 4) is 12.1 Å². The van der Waals surface area contributed by atoms with Gasteiger partial charge in [0.2, 0.25) is 0 Å². The van der Waals surface area contributed by atoms with Crippen LogP contribution in [0.3, 0.4) is 0 Å². The van der Waals surface area contributed by atoms with E-state index in [1.165, 1.54) is 0 Å². The fourth-order valence-electron chi connectivity index (χ4n) is 2.64. The van der Waals surface area contributed by atoms with Gasteiger partial charge in [-0.25, -0.2) is 0 Å². The highest BCUT2D eigenvalue weighted by molar-refractivity contribution is 5.44. The first kappa shape index (κ1) is 9.03. The van der Waals surface area contributed by atoms with E-state index in [0.29, 0.717) is 0 Å². The summed E-state index contributed by atoms with van der Waals surface area (Å²) in [5.41, 5.74) is 1.71. The topological polar surface area (TPSA) is 47.6 Å². The highest BCUT2D eigenvalue weighted by atomic mass is 14.5. The minimum Gasteiger partial charge on any atom is -0.193 e. The number of rotatable bonds is 0. The number of nitrogens with zero attached hydrogens (tertiary/aromatic N) is 2. The summed E-state index contributed by atoms with van der Waals surface area (Å²) in [5, 5.41) is 17.7. The van der Waals surface area contributed by atoms with E-state index in [1.54, 1.807) is 0 Å². The first-order valence-electron chi connectivity index (χ1n) is 4.77. The molecule has 0 heterocycles. The van der Waals surface area contributed by atoms with E-state index >= 15 is 0 Å². The van der Waals surface area contributed by atoms with Crippen LogP contribution in [-0.4, -0.2) is 0 Å². The Labute approximate surface area is 84.1 Å². The molecule has 14 heavy (non-hydrogen) atoms. The van der Waals surface area contributed by atoms with Gasteiger partial charge in [-0.05, 0) is 12.8 Å². The minimum absolute atomic E-state index is 0.0108. The lowest BCUT2D eigenvalue weighted by atomic mass is 9.70. The predicted octanol–water partition coefficient (Wildman–Crippen LogP) is 2.71. The molecule has 0 saturated heterocycles. The monoisotopic (exact) mass is 184 g/mol. The molecule has 2 nitrogen and oxygen atoms in total. The summed E-state index contributed by atoms with van der Waals surface area (Å²) < 4.78 is 0. The van der Waals surface area contributed by atoms with Crippen molar-refractivity contribution in [1.29, 1.82) is 10.5 Å². The Balaban J connectivity index is 2.43. The Bertz CT molecular complexity index is 388. The van der Waals surface area contributed by atoms with E-state index in [4.69, 9.17) is 10.5 Å². The van der Waals surface area contributed by atoms with Gasteiger partial charge in [-0.2, -0.15) is 10.5 Å². The fourth-order valence-corrected chi connectivity index (χ4v) is 2.64. The summed E-state index contributed by atoms with van der Waals surface area (Å²) in [4.78, 5) is 0. The van der Waals surface area contributed by atoms with Crippen LogP contribution in [0.2, 0.25) is 0 Å². The van der Waals surface area contributed by atoms with Gasteiger partial charge >= 0.3 is 0 Å². The van der Waals surface area contributed by atoms with Crippen molar-refractivity contribution in [3.63, 3.8) is 0 Å². The molecule has 0 bridgehead atoms. The Morgan fingerprint density at radius 1 is 1.00 bits per heavy atom. The average Bonchev–Trinajstić information content (AvgIpc) is 2.50. The van der Waals surface area contributed by atoms with Crippen molar-refractivity contribution < 1.29 is 0 Å². The maximum atomic E-state index is 8.87. The van der Waals surface area contributed by atoms with Crippen molar-refractivity contribution >= 4 is 0 Å². The molecule has 2 unspecified atom stereocenters. The predicted molar refractivity (Wildman–Crippen MR) is 52.8 cm³/mol. The van der Waals surface area contributed by atoms with Crippen LogP contribution in [0.15, 0.2) is 23.3 Å². The molecule has 2 rings (SSSR count). The number of hydrogen-bond donors (Lipinski definition) is 0. The van der Waals surface area contributed by atoms with Crippen molar-refractivity contribution in [3.05, 3.63) is 23.3 Å². The quantitative estimate of drug-likeness (QED) is 0.581. The third-order valence-electron chi connectivity index (χ3n) is 3.69. The minimum atomic E-state index is -0.0108. The van der Waals surface area contributed by atoms with Gasteiger partial charge < -0.3 is 0 Å². The molecular weight excluding hydrogens is 172 g/mol. The Kier molecular flexibility index (Phi) is 1.60. The molecule has 2 aliphatic rings. The molecule has 0 radical (unpaired) electrons. The van der Waals surface area contributed by atoms with Crippen molar-refractivity contribution in [1.82, 2.24) is 0 Å². The molecule has 0 aromatic carbocycles. The highest BCUT2D eigenvalue weighted by Gasteiger charge is 2.50. The molecule has 0 fully saturated rings. The summed E-state index contributed by atoms with van der Waals surface area (Å²) in [6, 6.07) is 4.45. The van der Waals surface area contributed by atoms with Crippen LogP contribution in [-0.2, 0) is 0 Å². The molecule has 0 aromatic heterocycles. The first-order chi connectivity index (χ1) is 6.53. The molecule has 70 valence electrons. The molecule has 0 aliphatic heterocycles. The maximum Gasteiger partial charge on any atom is 0.0944 e. The Morgan fingerprint density at radius 2 is 1.36 bits per heavy atom. The Hall–Kier alpha value is -1.54. The van der Waals surface area contributed by atoms with Gasteiger partial charge in [0.1, 0.15) is 0 Å². The van der Waals surface area contributed by atoms with E-state index in [0.717, 1.165) is 24.0 Å². The van der Waals surface area contributed by atoms with Crippen LogP contribution in [0, 0.1) is 33.5 Å². The lowest BCUT2D eigenvalue weighted by Gasteiger charge is -2.32. The Morgan fingerprint density at radius 3 is 1.64 bits per heavy atom. The van der Waals surface area contributed by atoms with Crippen LogP contribution in [0.4, 0.5) is 0 Å². The smallest absolute Gasteiger partial charge is 0.0944 e. The van der Waals surface area contributed by atoms with Gasteiger partial charge in [0, 0.05) is 22.0 Å². The summed E-state index contributed by atoms with van der Waals surface area (Å²) in [5.74, 6) is 0. The lowest BCUT2D eigenvalue weighted by molar-refractivity contribution is 0.230. The van der Waals surface area contributed by atoms with Crippen LogP contribution in [0.25, 0.3) is 0 Å². The summed E-state index contributed by atoms with van der Waals surface area (Å²) in [6.45, 7) is 4.27. The van der Waals surface area contributed by atoms with E-state index in [1.807, 2.05) is 12.2 Å². The van der Waals surface area contributed by atoms with E-state index in [2.05, 4.69) is 26.0 Å². The van der Waals surface area contributed by atoms with Gasteiger partial charge in [0.05, 0.1) is 12.1 Å². The number of allylic oxidation sites excluding steroid dienone is 4. The van der Waals surface area contributed by atoms with Gasteiger partial charge in [0.15, 0.2) is 0 Å². The number of fused-ring (bicyclic) bond motifs is 1. The third kappa shape index (κ3) is 0.946. The van der Waals surface area contributed by atoms with Crippen LogP contribution < -0.4 is 0 Å². The van der Waals surface area contributed by atoms with E-state index < -0.39 is 0 Å². The summed E-state index contributed by atoms with van der Waals surface area (Å²) in [6.07, 6.45) is 5.66. The zero-order chi connectivity index (χ0) is 10.4. The van der Waals surface area contributed by atoms with Crippen LogP contribution in [0.5, 0.6) is 0 Å². The first-order valence-corrected chi connectivity index (χ1v) is 4.77. The molecule has 2 atom stereocenters. The molecule has 2 aliphatic carbocycles. The highest BCUT2D eigenvalue weighted by Crippen LogP contribution is 2.59. The lowest BCUT2D eigenvalue weighted by Crippen LogP contribution is -2.26. The molecule has 0 amide bonds. The van der Waals surface area contributed by atoms with Crippen LogP contribution in [0.1, 0.15) is 26.7 Å². The average molecular weight is 184 g/mol. The SMILES string of the molecule is CC12C=C(C#N)CC1(C)C=C(C#N)C2. The van der Waals surface area contributed by atoms with Crippen molar-refractivity contribution in [2.75, 3.05) is 0 Å². The van der Waals surface area contributed by atoms with Crippen LogP contribution >= 0.6 is 0 Å². The number of hydrogen-bond acceptors (Lipinski definition) is 2. The van der Waals surface area contributed by atoms with Gasteiger partial charge in [-0.15, -0.1) is 0 Å². The molecular formula is C12H12N2. The van der Waals surface area contributed by atoms with Crippen molar-refractivity contribution in [2.45, 2.75) is 26.7 Å². The van der Waals surface area contributed by atoms with Gasteiger partial charge in [-0.3, -0.25) is 0 Å². The van der Waals surface area contributed by atoms with E-state index in [9.17, 15) is 0 Å². The number of nitriles is 2. The largest absolute Gasteiger partial charge is 0.193 e. The second-order valence-electron chi connectivity index (χ2n) is 4.75. The summed E-state index contributed by atoms with van der Waals surface area (Å²) >= 11 is 0. The zero-order valence-corrected chi connectivity index (χ0v) is 8.46. The normalized spacial score (nSPS) is 39.4. The molecule has 0 aromatic rings. The molecule has 0 spiro atoms. The standard InChI is InChI=1S/C12H12N2/c1-11-3-9(7-13)5-12(11,2)6-10(4-11)8-14/h3,6H,4-5H2,1-2H3. The van der Waals surface area contributed by atoms with Crippen molar-refractivity contribution in [2.24, 2.45) is 10.8 Å². The molecule has 0 N–H and O–H groups in total. The molecule has 0 saturated carbocycles. The fraction of sp³-hybridized carbons (Fsp3) is 0.500. The van der Waals surface area contributed by atoms with Gasteiger partial charge in [-0.1, -0.05) is 26.0 Å².